The summed E-state index contributed by atoms with van der Waals surface area (Å²) in [5.41, 5.74) is 1.18. The zero-order chi connectivity index (χ0) is 16.9. The molecule has 128 valence electrons. The average molecular weight is 338 g/mol. The number of sulfone groups is 1. The fourth-order valence-electron chi connectivity index (χ4n) is 2.99. The van der Waals surface area contributed by atoms with Crippen molar-refractivity contribution < 1.29 is 13.2 Å². The molecule has 1 saturated heterocycles. The first kappa shape index (κ1) is 17.9. The lowest BCUT2D eigenvalue weighted by molar-refractivity contribution is 0.0911. The second kappa shape index (κ2) is 7.93. The first-order valence-corrected chi connectivity index (χ1v) is 10.2. The number of rotatable bonds is 6. The van der Waals surface area contributed by atoms with E-state index < -0.39 is 9.84 Å². The Kier molecular flexibility index (Phi) is 6.18. The molecule has 0 radical (unpaired) electrons. The van der Waals surface area contributed by atoms with E-state index in [2.05, 4.69) is 17.1 Å². The van der Waals surface area contributed by atoms with Gasteiger partial charge in [-0.3, -0.25) is 4.79 Å². The van der Waals surface area contributed by atoms with Gasteiger partial charge in [0.15, 0.2) is 9.84 Å². The predicted molar refractivity (Wildman–Crippen MR) is 92.2 cm³/mol. The molecule has 0 bridgehead atoms. The van der Waals surface area contributed by atoms with Gasteiger partial charge >= 0.3 is 0 Å². The van der Waals surface area contributed by atoms with Crippen molar-refractivity contribution >= 4 is 15.7 Å². The maximum atomic E-state index is 12.4. The van der Waals surface area contributed by atoms with Crippen LogP contribution in [0, 0.1) is 0 Å². The van der Waals surface area contributed by atoms with Crippen LogP contribution in [0.15, 0.2) is 24.3 Å². The van der Waals surface area contributed by atoms with Crippen LogP contribution in [-0.4, -0.2) is 51.2 Å². The summed E-state index contributed by atoms with van der Waals surface area (Å²) in [6.45, 7) is 5.34. The zero-order valence-electron chi connectivity index (χ0n) is 13.9. The van der Waals surface area contributed by atoms with Crippen molar-refractivity contribution in [1.82, 2.24) is 10.2 Å². The van der Waals surface area contributed by atoms with Gasteiger partial charge < -0.3 is 10.2 Å². The highest BCUT2D eigenvalue weighted by atomic mass is 32.2. The van der Waals surface area contributed by atoms with E-state index in [1.807, 2.05) is 0 Å². The Labute approximate surface area is 139 Å². The van der Waals surface area contributed by atoms with Crippen molar-refractivity contribution in [3.63, 3.8) is 0 Å². The molecule has 1 N–H and O–H groups in total. The zero-order valence-corrected chi connectivity index (χ0v) is 14.7. The Morgan fingerprint density at radius 3 is 2.61 bits per heavy atom. The summed E-state index contributed by atoms with van der Waals surface area (Å²) in [6.07, 6.45) is 4.29. The number of benzene rings is 1. The maximum Gasteiger partial charge on any atom is 0.251 e. The normalized spacial score (nSPS) is 17.1. The second-order valence-electron chi connectivity index (χ2n) is 6.36. The number of carbonyl (C=O) groups excluding carboxylic acids is 1. The number of amides is 1. The number of hydrogen-bond donors (Lipinski definition) is 1. The monoisotopic (exact) mass is 338 g/mol. The van der Waals surface area contributed by atoms with Gasteiger partial charge in [0.2, 0.25) is 0 Å². The molecule has 0 saturated carbocycles. The van der Waals surface area contributed by atoms with Crippen LogP contribution in [0.2, 0.25) is 0 Å². The van der Waals surface area contributed by atoms with E-state index in [4.69, 9.17) is 0 Å². The Morgan fingerprint density at radius 2 is 2.00 bits per heavy atom. The molecule has 6 heteroatoms. The summed E-state index contributed by atoms with van der Waals surface area (Å²) >= 11 is 0. The summed E-state index contributed by atoms with van der Waals surface area (Å²) in [6, 6.07) is 7.07. The summed E-state index contributed by atoms with van der Waals surface area (Å²) in [7, 11) is -3.10. The smallest absolute Gasteiger partial charge is 0.251 e. The van der Waals surface area contributed by atoms with Crippen LogP contribution in [0.4, 0.5) is 0 Å². The fraction of sp³-hybridized carbons (Fsp3) is 0.588. The molecule has 1 aliphatic heterocycles. The van der Waals surface area contributed by atoms with Crippen LogP contribution in [0.5, 0.6) is 0 Å². The molecule has 1 aliphatic rings. The van der Waals surface area contributed by atoms with Crippen LogP contribution < -0.4 is 5.32 Å². The van der Waals surface area contributed by atoms with Crippen LogP contribution in [0.25, 0.3) is 0 Å². The molecule has 0 aliphatic carbocycles. The molecule has 1 aromatic carbocycles. The summed E-state index contributed by atoms with van der Waals surface area (Å²) in [4.78, 5) is 14.8. The highest BCUT2D eigenvalue weighted by Crippen LogP contribution is 2.13. The van der Waals surface area contributed by atoms with E-state index in [0.717, 1.165) is 38.9 Å². The maximum absolute atomic E-state index is 12.4. The van der Waals surface area contributed by atoms with Crippen molar-refractivity contribution in [2.24, 2.45) is 0 Å². The van der Waals surface area contributed by atoms with Gasteiger partial charge in [-0.15, -0.1) is 0 Å². The first-order chi connectivity index (χ1) is 10.9. The average Bonchev–Trinajstić information content (AvgIpc) is 2.48. The van der Waals surface area contributed by atoms with E-state index in [1.54, 1.807) is 24.3 Å². The minimum Gasteiger partial charge on any atom is -0.349 e. The SMILES string of the molecule is CCCN1CCC(NC(=O)c2cccc(CS(C)(=O)=O)c2)CC1. The molecule has 0 spiro atoms. The number of piperidine rings is 1. The molecule has 0 atom stereocenters. The van der Waals surface area contributed by atoms with Crippen LogP contribution in [0.1, 0.15) is 42.1 Å². The molecule has 23 heavy (non-hydrogen) atoms. The van der Waals surface area contributed by atoms with Gasteiger partial charge in [-0.25, -0.2) is 8.42 Å². The predicted octanol–water partition coefficient (Wildman–Crippen LogP) is 1.84. The highest BCUT2D eigenvalue weighted by Gasteiger charge is 2.20. The van der Waals surface area contributed by atoms with Gasteiger partial charge in [0, 0.05) is 31.0 Å². The fourth-order valence-corrected chi connectivity index (χ4v) is 3.78. The standard InChI is InChI=1S/C17H26N2O3S/c1-3-9-19-10-7-16(8-11-19)18-17(20)15-6-4-5-14(12-15)13-23(2,21)22/h4-6,12,16H,3,7-11,13H2,1-2H3,(H,18,20). The molecule has 2 rings (SSSR count). The van der Waals surface area contributed by atoms with Crippen LogP contribution in [-0.2, 0) is 15.6 Å². The van der Waals surface area contributed by atoms with E-state index in [0.29, 0.717) is 11.1 Å². The van der Waals surface area contributed by atoms with Crippen molar-refractivity contribution in [3.8, 4) is 0 Å². The van der Waals surface area contributed by atoms with Crippen LogP contribution >= 0.6 is 0 Å². The van der Waals surface area contributed by atoms with Crippen LogP contribution in [0.3, 0.4) is 0 Å². The number of nitrogens with zero attached hydrogens (tertiary/aromatic N) is 1. The lowest BCUT2D eigenvalue weighted by atomic mass is 10.0. The Bertz CT molecular complexity index is 635. The molecule has 1 fully saturated rings. The molecular formula is C17H26N2O3S. The topological polar surface area (TPSA) is 66.5 Å². The Balaban J connectivity index is 1.92. The number of carbonyl (C=O) groups is 1. The lowest BCUT2D eigenvalue weighted by Crippen LogP contribution is -2.44. The highest BCUT2D eigenvalue weighted by molar-refractivity contribution is 7.89. The molecule has 1 aromatic rings. The molecule has 0 unspecified atom stereocenters. The van der Waals surface area contributed by atoms with Gasteiger partial charge in [0.05, 0.1) is 5.75 Å². The summed E-state index contributed by atoms with van der Waals surface area (Å²) < 4.78 is 22.8. The van der Waals surface area contributed by atoms with E-state index in [-0.39, 0.29) is 17.7 Å². The molecule has 0 aromatic heterocycles. The van der Waals surface area contributed by atoms with E-state index in [9.17, 15) is 13.2 Å². The minimum atomic E-state index is -3.10. The lowest BCUT2D eigenvalue weighted by Gasteiger charge is -2.32. The van der Waals surface area contributed by atoms with Crippen molar-refractivity contribution in [3.05, 3.63) is 35.4 Å². The third kappa shape index (κ3) is 5.95. The van der Waals surface area contributed by atoms with Gasteiger partial charge in [-0.05, 0) is 43.5 Å². The largest absolute Gasteiger partial charge is 0.349 e. The van der Waals surface area contributed by atoms with E-state index in [1.165, 1.54) is 6.26 Å². The van der Waals surface area contributed by atoms with Crippen molar-refractivity contribution in [2.75, 3.05) is 25.9 Å². The minimum absolute atomic E-state index is 0.0382. The molecule has 5 nitrogen and oxygen atoms in total. The molecule has 1 heterocycles. The van der Waals surface area contributed by atoms with E-state index >= 15 is 0 Å². The quantitative estimate of drug-likeness (QED) is 0.859. The van der Waals surface area contributed by atoms with Gasteiger partial charge in [-0.2, -0.15) is 0 Å². The van der Waals surface area contributed by atoms with Crippen molar-refractivity contribution in [1.29, 1.82) is 0 Å². The Hall–Kier alpha value is -1.40. The molecule has 1 amide bonds. The van der Waals surface area contributed by atoms with Crippen molar-refractivity contribution in [2.45, 2.75) is 38.0 Å². The Morgan fingerprint density at radius 1 is 1.30 bits per heavy atom. The first-order valence-electron chi connectivity index (χ1n) is 8.17. The number of hydrogen-bond acceptors (Lipinski definition) is 4. The number of nitrogens with one attached hydrogen (secondary N) is 1. The summed E-state index contributed by atoms with van der Waals surface area (Å²) in [5, 5.41) is 3.07. The third-order valence-corrected chi connectivity index (χ3v) is 4.94. The number of likely N-dealkylation sites (tertiary alicyclic amines) is 1. The summed E-state index contributed by atoms with van der Waals surface area (Å²) in [5.74, 6) is -0.155. The second-order valence-corrected chi connectivity index (χ2v) is 8.50. The van der Waals surface area contributed by atoms with Gasteiger partial charge in [0.25, 0.3) is 5.91 Å². The third-order valence-electron chi connectivity index (χ3n) is 4.08. The molecular weight excluding hydrogens is 312 g/mol. The van der Waals surface area contributed by atoms with Gasteiger partial charge in [-0.1, -0.05) is 19.1 Å². The van der Waals surface area contributed by atoms with Gasteiger partial charge in [0.1, 0.15) is 0 Å².